The molecule has 1 aliphatic rings. The maximum atomic E-state index is 12.2. The molecule has 0 bridgehead atoms. The normalized spacial score (nSPS) is 18.2. The van der Waals surface area contributed by atoms with Crippen molar-refractivity contribution in [1.29, 1.82) is 0 Å². The lowest BCUT2D eigenvalue weighted by molar-refractivity contribution is -0.155. The molecule has 120 valence electrons. The highest BCUT2D eigenvalue weighted by Crippen LogP contribution is 2.16. The first-order valence-electron chi connectivity index (χ1n) is 7.48. The molecule has 0 aliphatic carbocycles. The first-order valence-corrected chi connectivity index (χ1v) is 7.48. The van der Waals surface area contributed by atoms with Crippen molar-refractivity contribution in [3.63, 3.8) is 0 Å². The molecule has 1 aliphatic heterocycles. The Morgan fingerprint density at radius 3 is 2.77 bits per heavy atom. The van der Waals surface area contributed by atoms with Crippen molar-refractivity contribution in [3.8, 4) is 5.75 Å². The smallest absolute Gasteiger partial charge is 0.252 e. The van der Waals surface area contributed by atoms with Crippen molar-refractivity contribution >= 4 is 17.5 Å². The average molecular weight is 306 g/mol. The third-order valence-electron chi connectivity index (χ3n) is 3.51. The van der Waals surface area contributed by atoms with E-state index in [-0.39, 0.29) is 18.2 Å². The Kier molecular flexibility index (Phi) is 5.77. The van der Waals surface area contributed by atoms with Gasteiger partial charge in [0.1, 0.15) is 11.9 Å². The predicted molar refractivity (Wildman–Crippen MR) is 82.9 cm³/mol. The van der Waals surface area contributed by atoms with Crippen LogP contribution in [-0.4, -0.2) is 49.6 Å². The Labute approximate surface area is 130 Å². The van der Waals surface area contributed by atoms with Gasteiger partial charge in [-0.05, 0) is 30.7 Å². The molecule has 1 atom stereocenters. The fraction of sp³-hybridized carbons (Fsp3) is 0.500. The van der Waals surface area contributed by atoms with Crippen LogP contribution in [0, 0.1) is 0 Å². The minimum Gasteiger partial charge on any atom is -0.497 e. The summed E-state index contributed by atoms with van der Waals surface area (Å²) in [6.07, 6.45) is 0.250. The molecular formula is C16H22N2O4. The van der Waals surface area contributed by atoms with Gasteiger partial charge in [0.05, 0.1) is 20.1 Å². The van der Waals surface area contributed by atoms with Crippen LogP contribution in [0.2, 0.25) is 0 Å². The monoisotopic (exact) mass is 306 g/mol. The lowest BCUT2D eigenvalue weighted by Crippen LogP contribution is -2.49. The molecule has 0 spiro atoms. The van der Waals surface area contributed by atoms with Crippen LogP contribution in [0.4, 0.5) is 5.69 Å². The summed E-state index contributed by atoms with van der Waals surface area (Å²) in [4.78, 5) is 26.0. The van der Waals surface area contributed by atoms with Crippen LogP contribution in [0.5, 0.6) is 5.75 Å². The molecule has 1 heterocycles. The minimum atomic E-state index is -0.682. The summed E-state index contributed by atoms with van der Waals surface area (Å²) in [5.74, 6) is 0.388. The topological polar surface area (TPSA) is 67.9 Å². The molecule has 0 unspecified atom stereocenters. The number of rotatable bonds is 6. The average Bonchev–Trinajstić information content (AvgIpc) is 2.52. The number of nitrogens with one attached hydrogen (secondary N) is 1. The fourth-order valence-electron chi connectivity index (χ4n) is 2.38. The summed E-state index contributed by atoms with van der Waals surface area (Å²) >= 11 is 0. The van der Waals surface area contributed by atoms with Gasteiger partial charge in [-0.25, -0.2) is 0 Å². The summed E-state index contributed by atoms with van der Waals surface area (Å²) in [7, 11) is 1.58. The maximum Gasteiger partial charge on any atom is 0.252 e. The standard InChI is InChI=1S/C16H22N2O4/c1-3-8-18-9-10-22-14(16(18)20)11-15(19)17-12-4-6-13(21-2)7-5-12/h4-7,14H,3,8-11H2,1-2H3,(H,17,19)/t14-/m0/s1. The Hall–Kier alpha value is -2.08. The molecular weight excluding hydrogens is 284 g/mol. The van der Waals surface area contributed by atoms with E-state index < -0.39 is 6.10 Å². The zero-order valence-corrected chi connectivity index (χ0v) is 13.0. The van der Waals surface area contributed by atoms with E-state index in [0.29, 0.717) is 25.4 Å². The van der Waals surface area contributed by atoms with Crippen LogP contribution in [0.1, 0.15) is 19.8 Å². The van der Waals surface area contributed by atoms with E-state index in [2.05, 4.69) is 5.32 Å². The number of amides is 2. The Balaban J connectivity index is 1.89. The van der Waals surface area contributed by atoms with E-state index in [1.807, 2.05) is 6.92 Å². The van der Waals surface area contributed by atoms with E-state index in [4.69, 9.17) is 9.47 Å². The van der Waals surface area contributed by atoms with Crippen molar-refractivity contribution in [3.05, 3.63) is 24.3 Å². The third-order valence-corrected chi connectivity index (χ3v) is 3.51. The highest BCUT2D eigenvalue weighted by molar-refractivity contribution is 5.95. The Bertz CT molecular complexity index is 513. The quantitative estimate of drug-likeness (QED) is 0.868. The number of morpholine rings is 1. The predicted octanol–water partition coefficient (Wildman–Crippen LogP) is 1.66. The van der Waals surface area contributed by atoms with Crippen LogP contribution >= 0.6 is 0 Å². The maximum absolute atomic E-state index is 12.2. The van der Waals surface area contributed by atoms with E-state index in [9.17, 15) is 9.59 Å². The number of carbonyl (C=O) groups is 2. The number of ether oxygens (including phenoxy) is 2. The van der Waals surface area contributed by atoms with Gasteiger partial charge in [0, 0.05) is 18.8 Å². The van der Waals surface area contributed by atoms with Gasteiger partial charge >= 0.3 is 0 Å². The van der Waals surface area contributed by atoms with Crippen LogP contribution in [0.15, 0.2) is 24.3 Å². The zero-order chi connectivity index (χ0) is 15.9. The van der Waals surface area contributed by atoms with Crippen molar-refractivity contribution in [1.82, 2.24) is 4.90 Å². The number of benzene rings is 1. The van der Waals surface area contributed by atoms with Crippen LogP contribution < -0.4 is 10.1 Å². The second kappa shape index (κ2) is 7.79. The zero-order valence-electron chi connectivity index (χ0n) is 13.0. The number of methoxy groups -OCH3 is 1. The molecule has 1 fully saturated rings. The number of anilines is 1. The number of carbonyl (C=O) groups excluding carboxylic acids is 2. The van der Waals surface area contributed by atoms with Crippen LogP contribution in [0.25, 0.3) is 0 Å². The summed E-state index contributed by atoms with van der Waals surface area (Å²) in [5.41, 5.74) is 0.666. The summed E-state index contributed by atoms with van der Waals surface area (Å²) in [5, 5.41) is 2.76. The third kappa shape index (κ3) is 4.21. The highest BCUT2D eigenvalue weighted by atomic mass is 16.5. The summed E-state index contributed by atoms with van der Waals surface area (Å²) in [6, 6.07) is 7.04. The molecule has 6 nitrogen and oxygen atoms in total. The highest BCUT2D eigenvalue weighted by Gasteiger charge is 2.30. The fourth-order valence-corrected chi connectivity index (χ4v) is 2.38. The van der Waals surface area contributed by atoms with Crippen molar-refractivity contribution < 1.29 is 19.1 Å². The number of hydrogen-bond donors (Lipinski definition) is 1. The second-order valence-corrected chi connectivity index (χ2v) is 5.17. The Morgan fingerprint density at radius 1 is 1.41 bits per heavy atom. The van der Waals surface area contributed by atoms with Crippen LogP contribution in [-0.2, 0) is 14.3 Å². The van der Waals surface area contributed by atoms with E-state index in [0.717, 1.165) is 12.2 Å². The van der Waals surface area contributed by atoms with Gasteiger partial charge in [0.15, 0.2) is 0 Å². The number of nitrogens with zero attached hydrogens (tertiary/aromatic N) is 1. The van der Waals surface area contributed by atoms with Gasteiger partial charge in [-0.15, -0.1) is 0 Å². The van der Waals surface area contributed by atoms with Gasteiger partial charge in [0.25, 0.3) is 5.91 Å². The lowest BCUT2D eigenvalue weighted by Gasteiger charge is -2.32. The SMILES string of the molecule is CCCN1CCO[C@@H](CC(=O)Nc2ccc(OC)cc2)C1=O. The van der Waals surface area contributed by atoms with Gasteiger partial charge in [-0.2, -0.15) is 0 Å². The molecule has 1 aromatic rings. The summed E-state index contributed by atoms with van der Waals surface area (Å²) in [6.45, 7) is 3.81. The van der Waals surface area contributed by atoms with Crippen molar-refractivity contribution in [2.24, 2.45) is 0 Å². The van der Waals surface area contributed by atoms with Gasteiger partial charge in [-0.3, -0.25) is 9.59 Å². The lowest BCUT2D eigenvalue weighted by atomic mass is 10.1. The van der Waals surface area contributed by atoms with Crippen LogP contribution in [0.3, 0.4) is 0 Å². The Morgan fingerprint density at radius 2 is 2.14 bits per heavy atom. The van der Waals surface area contributed by atoms with E-state index in [1.54, 1.807) is 36.3 Å². The van der Waals surface area contributed by atoms with Gasteiger partial charge in [-0.1, -0.05) is 6.92 Å². The first-order chi connectivity index (χ1) is 10.6. The largest absolute Gasteiger partial charge is 0.497 e. The molecule has 1 saturated heterocycles. The van der Waals surface area contributed by atoms with E-state index >= 15 is 0 Å². The second-order valence-electron chi connectivity index (χ2n) is 5.17. The van der Waals surface area contributed by atoms with Gasteiger partial charge < -0.3 is 19.7 Å². The molecule has 1 aromatic carbocycles. The molecule has 22 heavy (non-hydrogen) atoms. The molecule has 6 heteroatoms. The minimum absolute atomic E-state index is 0.0328. The first kappa shape index (κ1) is 16.3. The van der Waals surface area contributed by atoms with Gasteiger partial charge in [0.2, 0.25) is 5.91 Å². The number of hydrogen-bond acceptors (Lipinski definition) is 4. The van der Waals surface area contributed by atoms with E-state index in [1.165, 1.54) is 0 Å². The molecule has 2 amide bonds. The molecule has 0 radical (unpaired) electrons. The molecule has 0 saturated carbocycles. The molecule has 2 rings (SSSR count). The van der Waals surface area contributed by atoms with Crippen molar-refractivity contribution in [2.75, 3.05) is 32.1 Å². The molecule has 0 aromatic heterocycles. The van der Waals surface area contributed by atoms with Crippen molar-refractivity contribution in [2.45, 2.75) is 25.9 Å². The molecule has 1 N–H and O–H groups in total. The summed E-state index contributed by atoms with van der Waals surface area (Å²) < 4.78 is 10.5.